The van der Waals surface area contributed by atoms with Crippen LogP contribution >= 0.6 is 11.8 Å². The molecule has 1 aromatic heterocycles. The molecule has 1 aromatic rings. The van der Waals surface area contributed by atoms with Crippen molar-refractivity contribution in [3.8, 4) is 0 Å². The van der Waals surface area contributed by atoms with Crippen molar-refractivity contribution >= 4 is 11.8 Å². The molecule has 0 aliphatic carbocycles. The Kier molecular flexibility index (Phi) is 3.59. The number of thioether (sulfide) groups is 1. The van der Waals surface area contributed by atoms with Gasteiger partial charge < -0.3 is 15.0 Å². The number of ether oxygens (including phenoxy) is 1. The predicted molar refractivity (Wildman–Crippen MR) is 69.5 cm³/mol. The third kappa shape index (κ3) is 2.29. The number of nitrogens with zero attached hydrogens (tertiary/aromatic N) is 2. The first kappa shape index (κ1) is 12.4. The summed E-state index contributed by atoms with van der Waals surface area (Å²) in [5, 5.41) is 4.09. The molecular weight excluding hydrogens is 250 g/mol. The molecule has 3 unspecified atom stereocenters. The van der Waals surface area contributed by atoms with Crippen molar-refractivity contribution in [1.82, 2.24) is 10.1 Å². The monoisotopic (exact) mass is 269 g/mol. The summed E-state index contributed by atoms with van der Waals surface area (Å²) in [5.41, 5.74) is 6.03. The van der Waals surface area contributed by atoms with Crippen LogP contribution in [0.25, 0.3) is 0 Å². The highest BCUT2D eigenvalue weighted by atomic mass is 32.2. The van der Waals surface area contributed by atoms with Crippen LogP contribution in [-0.2, 0) is 4.74 Å². The minimum absolute atomic E-state index is 0.141. The first-order chi connectivity index (χ1) is 8.78. The molecule has 0 amide bonds. The molecule has 6 heteroatoms. The lowest BCUT2D eigenvalue weighted by Crippen LogP contribution is -2.16. The van der Waals surface area contributed by atoms with E-state index in [9.17, 15) is 0 Å². The summed E-state index contributed by atoms with van der Waals surface area (Å²) in [4.78, 5) is 4.47. The number of rotatable bonds is 5. The van der Waals surface area contributed by atoms with Crippen molar-refractivity contribution < 1.29 is 9.26 Å². The van der Waals surface area contributed by atoms with Crippen LogP contribution in [0, 0.1) is 0 Å². The van der Waals surface area contributed by atoms with E-state index in [1.807, 2.05) is 0 Å². The Hall–Kier alpha value is -0.590. The fraction of sp³-hybridized carbons (Fsp3) is 0.833. The van der Waals surface area contributed by atoms with E-state index in [-0.39, 0.29) is 6.04 Å². The molecule has 3 heterocycles. The molecule has 2 N–H and O–H groups in total. The maximum Gasteiger partial charge on any atom is 0.243 e. The van der Waals surface area contributed by atoms with E-state index in [4.69, 9.17) is 15.0 Å². The summed E-state index contributed by atoms with van der Waals surface area (Å²) < 4.78 is 11.1. The lowest BCUT2D eigenvalue weighted by molar-refractivity contribution is 0.0996. The zero-order valence-corrected chi connectivity index (χ0v) is 11.4. The lowest BCUT2D eigenvalue weighted by Gasteiger charge is -2.13. The zero-order valence-electron chi connectivity index (χ0n) is 10.5. The quantitative estimate of drug-likeness (QED) is 0.879. The van der Waals surface area contributed by atoms with E-state index in [0.717, 1.165) is 30.8 Å². The van der Waals surface area contributed by atoms with Crippen LogP contribution in [0.2, 0.25) is 0 Å². The third-order valence-corrected chi connectivity index (χ3v) is 4.49. The topological polar surface area (TPSA) is 74.2 Å². The summed E-state index contributed by atoms with van der Waals surface area (Å²) >= 11 is 1.78. The molecule has 4 atom stereocenters. The minimum Gasteiger partial charge on any atom is -0.374 e. The van der Waals surface area contributed by atoms with Crippen LogP contribution in [0.5, 0.6) is 0 Å². The van der Waals surface area contributed by atoms with E-state index < -0.39 is 0 Å². The standard InChI is InChI=1S/C12H19N3O2S/c1-18-5-4-9(13)12-14-11(15-17-12)8-6-7-2-3-10(8)16-7/h7-10H,2-6,13H2,1H3/t7?,8?,9-,10?/m1/s1. The summed E-state index contributed by atoms with van der Waals surface area (Å²) in [6.07, 6.45) is 6.98. The van der Waals surface area contributed by atoms with Gasteiger partial charge in [0.05, 0.1) is 24.2 Å². The van der Waals surface area contributed by atoms with Gasteiger partial charge in [-0.3, -0.25) is 0 Å². The second-order valence-corrected chi connectivity index (χ2v) is 6.08. The Bertz CT molecular complexity index is 412. The molecule has 0 spiro atoms. The van der Waals surface area contributed by atoms with Crippen LogP contribution in [0.1, 0.15) is 49.4 Å². The van der Waals surface area contributed by atoms with E-state index in [1.54, 1.807) is 11.8 Å². The van der Waals surface area contributed by atoms with E-state index in [2.05, 4.69) is 16.4 Å². The Morgan fingerprint density at radius 1 is 1.50 bits per heavy atom. The summed E-state index contributed by atoms with van der Waals surface area (Å²) in [6, 6.07) is -0.141. The molecule has 2 aliphatic rings. The normalized spacial score (nSPS) is 32.0. The van der Waals surface area contributed by atoms with Crippen molar-refractivity contribution in [3.63, 3.8) is 0 Å². The van der Waals surface area contributed by atoms with E-state index in [1.165, 1.54) is 6.42 Å². The second kappa shape index (κ2) is 5.19. The smallest absolute Gasteiger partial charge is 0.243 e. The van der Waals surface area contributed by atoms with E-state index >= 15 is 0 Å². The van der Waals surface area contributed by atoms with Crippen molar-refractivity contribution in [1.29, 1.82) is 0 Å². The van der Waals surface area contributed by atoms with Gasteiger partial charge in [0.2, 0.25) is 5.89 Å². The van der Waals surface area contributed by atoms with Gasteiger partial charge in [-0.25, -0.2) is 0 Å². The Morgan fingerprint density at radius 2 is 2.39 bits per heavy atom. The van der Waals surface area contributed by atoms with Crippen LogP contribution < -0.4 is 5.73 Å². The summed E-state index contributed by atoms with van der Waals surface area (Å²) in [5.74, 6) is 2.68. The highest BCUT2D eigenvalue weighted by molar-refractivity contribution is 7.98. The van der Waals surface area contributed by atoms with Crippen molar-refractivity contribution in [3.05, 3.63) is 11.7 Å². The molecule has 0 aromatic carbocycles. The van der Waals surface area contributed by atoms with Crippen molar-refractivity contribution in [2.24, 2.45) is 5.73 Å². The molecule has 3 rings (SSSR count). The highest BCUT2D eigenvalue weighted by Gasteiger charge is 2.43. The average molecular weight is 269 g/mol. The molecule has 2 saturated heterocycles. The van der Waals surface area contributed by atoms with Crippen LogP contribution in [0.3, 0.4) is 0 Å². The van der Waals surface area contributed by atoms with Gasteiger partial charge in [-0.1, -0.05) is 5.16 Å². The molecule has 0 saturated carbocycles. The minimum atomic E-state index is -0.141. The molecule has 100 valence electrons. The van der Waals surface area contributed by atoms with Crippen molar-refractivity contribution in [2.45, 2.75) is 49.9 Å². The predicted octanol–water partition coefficient (Wildman–Crippen LogP) is 1.86. The molecule has 2 aliphatic heterocycles. The zero-order chi connectivity index (χ0) is 12.5. The second-order valence-electron chi connectivity index (χ2n) is 5.09. The number of aromatic nitrogens is 2. The first-order valence-corrected chi connectivity index (χ1v) is 7.90. The maximum atomic E-state index is 6.03. The van der Waals surface area contributed by atoms with Gasteiger partial charge in [-0.15, -0.1) is 0 Å². The maximum absolute atomic E-state index is 6.03. The third-order valence-electron chi connectivity index (χ3n) is 3.85. The van der Waals surface area contributed by atoms with Crippen LogP contribution in [-0.4, -0.2) is 34.4 Å². The van der Waals surface area contributed by atoms with Gasteiger partial charge >= 0.3 is 0 Å². The van der Waals surface area contributed by atoms with Gasteiger partial charge in [0.15, 0.2) is 5.82 Å². The van der Waals surface area contributed by atoms with Crippen molar-refractivity contribution in [2.75, 3.05) is 12.0 Å². The number of hydrogen-bond donors (Lipinski definition) is 1. The summed E-state index contributed by atoms with van der Waals surface area (Å²) in [6.45, 7) is 0. The highest BCUT2D eigenvalue weighted by Crippen LogP contribution is 2.43. The van der Waals surface area contributed by atoms with Gasteiger partial charge in [0.25, 0.3) is 0 Å². The molecule has 5 nitrogen and oxygen atoms in total. The Balaban J connectivity index is 1.66. The lowest BCUT2D eigenvalue weighted by atomic mass is 9.89. The Morgan fingerprint density at radius 3 is 3.06 bits per heavy atom. The van der Waals surface area contributed by atoms with Crippen LogP contribution in [0.4, 0.5) is 0 Å². The van der Waals surface area contributed by atoms with E-state index in [0.29, 0.717) is 24.0 Å². The van der Waals surface area contributed by atoms with Crippen LogP contribution in [0.15, 0.2) is 4.52 Å². The largest absolute Gasteiger partial charge is 0.374 e. The average Bonchev–Trinajstić information content (AvgIpc) is 3.09. The molecular formula is C12H19N3O2S. The number of hydrogen-bond acceptors (Lipinski definition) is 6. The number of fused-ring (bicyclic) bond motifs is 2. The Labute approximate surface area is 111 Å². The summed E-state index contributed by atoms with van der Waals surface area (Å²) in [7, 11) is 0. The molecule has 2 bridgehead atoms. The fourth-order valence-electron chi connectivity index (χ4n) is 2.83. The van der Waals surface area contributed by atoms with Gasteiger partial charge in [0, 0.05) is 0 Å². The SMILES string of the molecule is CSCC[C@@H](N)c1nc(C2CC3CCC2O3)no1. The van der Waals surface area contributed by atoms with Gasteiger partial charge in [0.1, 0.15) is 0 Å². The number of nitrogens with two attached hydrogens (primary N) is 1. The molecule has 0 radical (unpaired) electrons. The first-order valence-electron chi connectivity index (χ1n) is 6.51. The molecule has 2 fully saturated rings. The molecule has 18 heavy (non-hydrogen) atoms. The van der Waals surface area contributed by atoms with Gasteiger partial charge in [-0.2, -0.15) is 16.7 Å². The fourth-order valence-corrected chi connectivity index (χ4v) is 3.32. The van der Waals surface area contributed by atoms with Gasteiger partial charge in [-0.05, 0) is 37.7 Å².